The SMILES string of the molecule is Cc1cc(=NN)cc(C)n1C. The molecule has 0 aliphatic heterocycles. The van der Waals surface area contributed by atoms with Crippen LogP contribution in [0.3, 0.4) is 0 Å². The smallest absolute Gasteiger partial charge is 0.0861 e. The quantitative estimate of drug-likeness (QED) is 0.423. The third kappa shape index (κ3) is 1.42. The molecule has 0 spiro atoms. The Hall–Kier alpha value is -1.25. The number of hydrogen-bond donors (Lipinski definition) is 1. The first-order valence-electron chi connectivity index (χ1n) is 3.53. The number of hydrogen-bond acceptors (Lipinski definition) is 2. The lowest BCUT2D eigenvalue weighted by Crippen LogP contribution is -2.12. The summed E-state index contributed by atoms with van der Waals surface area (Å²) in [5.74, 6) is 5.15. The molecule has 0 aliphatic rings. The van der Waals surface area contributed by atoms with Gasteiger partial charge in [0.15, 0.2) is 0 Å². The van der Waals surface area contributed by atoms with Gasteiger partial charge in [-0.3, -0.25) is 0 Å². The summed E-state index contributed by atoms with van der Waals surface area (Å²) in [4.78, 5) is 0. The lowest BCUT2D eigenvalue weighted by atomic mass is 10.3. The summed E-state index contributed by atoms with van der Waals surface area (Å²) in [7, 11) is 2.02. The van der Waals surface area contributed by atoms with Crippen LogP contribution in [0.15, 0.2) is 17.2 Å². The lowest BCUT2D eigenvalue weighted by molar-refractivity contribution is 0.808. The first-order valence-corrected chi connectivity index (χ1v) is 3.53. The maximum atomic E-state index is 5.15. The molecule has 0 amide bonds. The molecule has 1 heterocycles. The summed E-state index contributed by atoms with van der Waals surface area (Å²) in [6, 6.07) is 3.90. The second kappa shape index (κ2) is 2.78. The molecular formula is C8H13N3. The molecule has 1 rings (SSSR count). The van der Waals surface area contributed by atoms with Gasteiger partial charge >= 0.3 is 0 Å². The highest BCUT2D eigenvalue weighted by Gasteiger charge is 1.93. The summed E-state index contributed by atoms with van der Waals surface area (Å²) < 4.78 is 2.09. The average molecular weight is 151 g/mol. The number of aryl methyl sites for hydroxylation is 2. The van der Waals surface area contributed by atoms with E-state index in [2.05, 4.69) is 9.67 Å². The summed E-state index contributed by atoms with van der Waals surface area (Å²) in [5, 5.41) is 4.45. The molecule has 0 aliphatic carbocycles. The van der Waals surface area contributed by atoms with E-state index in [0.717, 1.165) is 16.7 Å². The highest BCUT2D eigenvalue weighted by molar-refractivity contribution is 5.10. The molecule has 60 valence electrons. The zero-order chi connectivity index (χ0) is 8.43. The average Bonchev–Trinajstić information content (AvgIpc) is 1.99. The van der Waals surface area contributed by atoms with E-state index in [1.165, 1.54) is 0 Å². The van der Waals surface area contributed by atoms with Crippen molar-refractivity contribution in [3.8, 4) is 0 Å². The van der Waals surface area contributed by atoms with Crippen LogP contribution in [0.4, 0.5) is 0 Å². The highest BCUT2D eigenvalue weighted by atomic mass is 15.1. The van der Waals surface area contributed by atoms with Crippen LogP contribution >= 0.6 is 0 Å². The Morgan fingerprint density at radius 3 is 2.09 bits per heavy atom. The maximum absolute atomic E-state index is 5.15. The zero-order valence-corrected chi connectivity index (χ0v) is 7.13. The van der Waals surface area contributed by atoms with E-state index in [4.69, 9.17) is 5.84 Å². The topological polar surface area (TPSA) is 43.3 Å². The predicted molar refractivity (Wildman–Crippen MR) is 44.6 cm³/mol. The molecule has 2 N–H and O–H groups in total. The fourth-order valence-corrected chi connectivity index (χ4v) is 1.02. The minimum Gasteiger partial charge on any atom is -0.352 e. The van der Waals surface area contributed by atoms with Crippen molar-refractivity contribution in [1.29, 1.82) is 0 Å². The molecule has 0 aromatic carbocycles. The molecule has 1 aromatic rings. The molecule has 0 saturated heterocycles. The fourth-order valence-electron chi connectivity index (χ4n) is 1.02. The van der Waals surface area contributed by atoms with Crippen LogP contribution in [0.5, 0.6) is 0 Å². The Balaban J connectivity index is 3.45. The number of rotatable bonds is 0. The van der Waals surface area contributed by atoms with Gasteiger partial charge in [-0.05, 0) is 26.0 Å². The Morgan fingerprint density at radius 1 is 1.27 bits per heavy atom. The van der Waals surface area contributed by atoms with Gasteiger partial charge in [0, 0.05) is 18.4 Å². The van der Waals surface area contributed by atoms with Crippen molar-refractivity contribution < 1.29 is 0 Å². The van der Waals surface area contributed by atoms with Crippen molar-refractivity contribution in [2.24, 2.45) is 18.0 Å². The number of nitrogens with zero attached hydrogens (tertiary/aromatic N) is 2. The summed E-state index contributed by atoms with van der Waals surface area (Å²) >= 11 is 0. The molecule has 3 heteroatoms. The molecular weight excluding hydrogens is 138 g/mol. The molecule has 11 heavy (non-hydrogen) atoms. The third-order valence-corrected chi connectivity index (χ3v) is 1.92. The van der Waals surface area contributed by atoms with Crippen molar-refractivity contribution in [2.75, 3.05) is 0 Å². The second-order valence-corrected chi connectivity index (χ2v) is 2.68. The molecule has 0 unspecified atom stereocenters. The van der Waals surface area contributed by atoms with Crippen molar-refractivity contribution in [2.45, 2.75) is 13.8 Å². The van der Waals surface area contributed by atoms with Crippen LogP contribution in [0, 0.1) is 13.8 Å². The molecule has 0 fully saturated rings. The van der Waals surface area contributed by atoms with Crippen molar-refractivity contribution >= 4 is 0 Å². The van der Waals surface area contributed by atoms with Crippen molar-refractivity contribution in [3.05, 3.63) is 28.9 Å². The first kappa shape index (κ1) is 7.85. The van der Waals surface area contributed by atoms with E-state index in [9.17, 15) is 0 Å². The predicted octanol–water partition coefficient (Wildman–Crippen LogP) is 0.416. The van der Waals surface area contributed by atoms with Crippen LogP contribution in [0.25, 0.3) is 0 Å². The van der Waals surface area contributed by atoms with Crippen LogP contribution in [0.1, 0.15) is 11.4 Å². The Bertz CT molecular complexity index is 296. The van der Waals surface area contributed by atoms with Gasteiger partial charge in [-0.2, -0.15) is 5.10 Å². The van der Waals surface area contributed by atoms with Crippen LogP contribution in [-0.2, 0) is 7.05 Å². The van der Waals surface area contributed by atoms with E-state index in [1.807, 2.05) is 33.0 Å². The van der Waals surface area contributed by atoms with Crippen molar-refractivity contribution in [3.63, 3.8) is 0 Å². The molecule has 3 nitrogen and oxygen atoms in total. The van der Waals surface area contributed by atoms with Crippen LogP contribution < -0.4 is 11.2 Å². The molecule has 0 bridgehead atoms. The Labute approximate surface area is 66.2 Å². The number of aromatic nitrogens is 1. The Kier molecular flexibility index (Phi) is 1.98. The van der Waals surface area contributed by atoms with Gasteiger partial charge in [-0.25, -0.2) is 0 Å². The summed E-state index contributed by atoms with van der Waals surface area (Å²) in [6.07, 6.45) is 0. The largest absolute Gasteiger partial charge is 0.352 e. The normalized spacial score (nSPS) is 9.73. The van der Waals surface area contributed by atoms with Gasteiger partial charge in [0.05, 0.1) is 5.36 Å². The lowest BCUT2D eigenvalue weighted by Gasteiger charge is -2.07. The van der Waals surface area contributed by atoms with Gasteiger partial charge in [-0.15, -0.1) is 0 Å². The maximum Gasteiger partial charge on any atom is 0.0861 e. The molecule has 0 atom stereocenters. The summed E-state index contributed by atoms with van der Waals surface area (Å²) in [6.45, 7) is 4.06. The summed E-state index contributed by atoms with van der Waals surface area (Å²) in [5.41, 5.74) is 2.32. The van der Waals surface area contributed by atoms with E-state index >= 15 is 0 Å². The zero-order valence-electron chi connectivity index (χ0n) is 7.13. The standard InChI is InChI=1S/C8H13N3/c1-6-4-8(10-9)5-7(2)11(6)3/h4-5H,9H2,1-3H3. The van der Waals surface area contributed by atoms with E-state index in [1.54, 1.807) is 0 Å². The molecule has 0 saturated carbocycles. The van der Waals surface area contributed by atoms with Gasteiger partial charge in [0.1, 0.15) is 0 Å². The van der Waals surface area contributed by atoms with Gasteiger partial charge in [-0.1, -0.05) is 0 Å². The van der Waals surface area contributed by atoms with Crippen molar-refractivity contribution in [1.82, 2.24) is 4.57 Å². The number of pyridine rings is 1. The minimum atomic E-state index is 0.832. The Morgan fingerprint density at radius 2 is 1.73 bits per heavy atom. The van der Waals surface area contributed by atoms with Gasteiger partial charge in [0.2, 0.25) is 0 Å². The van der Waals surface area contributed by atoms with Gasteiger partial charge < -0.3 is 10.4 Å². The first-order chi connectivity index (χ1) is 5.15. The highest BCUT2D eigenvalue weighted by Crippen LogP contribution is 1.96. The van der Waals surface area contributed by atoms with E-state index in [0.29, 0.717) is 0 Å². The monoisotopic (exact) mass is 151 g/mol. The molecule has 1 aromatic heterocycles. The van der Waals surface area contributed by atoms with Crippen LogP contribution in [0.2, 0.25) is 0 Å². The fraction of sp³-hybridized carbons (Fsp3) is 0.375. The minimum absolute atomic E-state index is 0.832. The number of nitrogens with two attached hydrogens (primary N) is 1. The third-order valence-electron chi connectivity index (χ3n) is 1.92. The van der Waals surface area contributed by atoms with Crippen LogP contribution in [-0.4, -0.2) is 4.57 Å². The second-order valence-electron chi connectivity index (χ2n) is 2.68. The van der Waals surface area contributed by atoms with Gasteiger partial charge in [0.25, 0.3) is 0 Å². The molecule has 0 radical (unpaired) electrons. The van der Waals surface area contributed by atoms with E-state index < -0.39 is 0 Å². The van der Waals surface area contributed by atoms with E-state index in [-0.39, 0.29) is 0 Å².